The van der Waals surface area contributed by atoms with E-state index in [0.717, 1.165) is 16.3 Å². The van der Waals surface area contributed by atoms with Crippen molar-refractivity contribution in [3.05, 3.63) is 78.2 Å². The van der Waals surface area contributed by atoms with Crippen LogP contribution in [0.4, 0.5) is 5.69 Å². The smallest absolute Gasteiger partial charge is 0.270 e. The van der Waals surface area contributed by atoms with Crippen molar-refractivity contribution in [3.8, 4) is 11.6 Å². The van der Waals surface area contributed by atoms with E-state index in [1.807, 2.05) is 48.7 Å². The zero-order valence-corrected chi connectivity index (χ0v) is 19.3. The van der Waals surface area contributed by atoms with E-state index in [1.54, 1.807) is 30.3 Å². The molecular formula is C24H25N5O2S. The Morgan fingerprint density at radius 3 is 2.62 bits per heavy atom. The van der Waals surface area contributed by atoms with Gasteiger partial charge in [-0.25, -0.2) is 14.1 Å². The summed E-state index contributed by atoms with van der Waals surface area (Å²) < 4.78 is 8.56. The molecule has 0 unspecified atom stereocenters. The monoisotopic (exact) mass is 447 g/mol. The molecule has 0 aliphatic heterocycles. The summed E-state index contributed by atoms with van der Waals surface area (Å²) in [6, 6.07) is 15.0. The number of anilines is 1. The number of rotatable bonds is 5. The highest BCUT2D eigenvalue weighted by Crippen LogP contribution is 2.34. The number of benzene rings is 2. The first kappa shape index (κ1) is 21.7. The van der Waals surface area contributed by atoms with Gasteiger partial charge < -0.3 is 4.74 Å². The number of amides is 1. The maximum Gasteiger partial charge on any atom is 0.270 e. The van der Waals surface area contributed by atoms with E-state index < -0.39 is 0 Å². The highest BCUT2D eigenvalue weighted by molar-refractivity contribution is 7.81. The van der Waals surface area contributed by atoms with Crippen LogP contribution in [0.15, 0.2) is 67.1 Å². The molecule has 2 heterocycles. The fourth-order valence-corrected chi connectivity index (χ4v) is 3.67. The minimum absolute atomic E-state index is 0.0572. The van der Waals surface area contributed by atoms with Gasteiger partial charge in [0.2, 0.25) is 0 Å². The Balaban J connectivity index is 1.62. The van der Waals surface area contributed by atoms with Crippen LogP contribution in [-0.4, -0.2) is 27.8 Å². The van der Waals surface area contributed by atoms with E-state index in [2.05, 4.69) is 49.1 Å². The molecule has 164 valence electrons. The van der Waals surface area contributed by atoms with Gasteiger partial charge in [-0.05, 0) is 71.6 Å². The molecule has 1 amide bonds. The quantitative estimate of drug-likeness (QED) is 0.342. The minimum atomic E-state index is -0.289. The lowest BCUT2D eigenvalue weighted by Crippen LogP contribution is -2.36. The van der Waals surface area contributed by atoms with Crippen LogP contribution in [0.25, 0.3) is 16.6 Å². The third-order valence-corrected chi connectivity index (χ3v) is 5.52. The van der Waals surface area contributed by atoms with Gasteiger partial charge in [0, 0.05) is 29.5 Å². The molecule has 0 aliphatic rings. The molecule has 8 heteroatoms. The summed E-state index contributed by atoms with van der Waals surface area (Å²) in [5, 5.41) is 6.04. The predicted octanol–water partition coefficient (Wildman–Crippen LogP) is 4.72. The zero-order chi connectivity index (χ0) is 22.9. The topological polar surface area (TPSA) is 72.3 Å². The molecule has 32 heavy (non-hydrogen) atoms. The lowest BCUT2D eigenvalue weighted by atomic mass is 9.87. The van der Waals surface area contributed by atoms with Crippen molar-refractivity contribution in [2.24, 2.45) is 0 Å². The molecule has 0 atom stereocenters. The molecule has 0 fully saturated rings. The van der Waals surface area contributed by atoms with Gasteiger partial charge in [-0.1, -0.05) is 26.8 Å². The van der Waals surface area contributed by atoms with E-state index in [0.29, 0.717) is 22.8 Å². The Bertz CT molecular complexity index is 1270. The van der Waals surface area contributed by atoms with E-state index in [-0.39, 0.29) is 11.3 Å². The Morgan fingerprint density at radius 2 is 1.94 bits per heavy atom. The average Bonchev–Trinajstić information content (AvgIpc) is 3.31. The van der Waals surface area contributed by atoms with Crippen LogP contribution >= 0.6 is 12.8 Å². The number of carbonyl (C=O) groups excluding carboxylic acids is 1. The zero-order valence-electron chi connectivity index (χ0n) is 18.4. The number of nitrogens with zero attached hydrogens (tertiary/aromatic N) is 4. The molecule has 0 bridgehead atoms. The molecule has 0 saturated carbocycles. The highest BCUT2D eigenvalue weighted by Gasteiger charge is 2.19. The molecule has 2 aromatic heterocycles. The summed E-state index contributed by atoms with van der Waals surface area (Å²) in [5.41, 5.74) is 5.02. The van der Waals surface area contributed by atoms with Crippen LogP contribution in [0.1, 0.15) is 36.7 Å². The number of thiol groups is 1. The van der Waals surface area contributed by atoms with Gasteiger partial charge in [0.1, 0.15) is 11.4 Å². The van der Waals surface area contributed by atoms with E-state index >= 15 is 0 Å². The number of hydrogen-bond donors (Lipinski definition) is 2. The number of hydrazine groups is 1. The SMILES string of the molecule is COc1ccc(C(C)(C)C)cc1N(S)NC(=O)c1ccc2c(-n3cccn3)nccc2c1. The number of fused-ring (bicyclic) bond motifs is 1. The molecule has 7 nitrogen and oxygen atoms in total. The van der Waals surface area contributed by atoms with Gasteiger partial charge in [-0.15, -0.1) is 0 Å². The van der Waals surface area contributed by atoms with Crippen LogP contribution in [0.5, 0.6) is 5.75 Å². The minimum Gasteiger partial charge on any atom is -0.494 e. The van der Waals surface area contributed by atoms with Crippen molar-refractivity contribution >= 4 is 35.2 Å². The predicted molar refractivity (Wildman–Crippen MR) is 129 cm³/mol. The molecule has 0 radical (unpaired) electrons. The van der Waals surface area contributed by atoms with Crippen molar-refractivity contribution < 1.29 is 9.53 Å². The molecule has 4 rings (SSSR count). The number of hydrogen-bond acceptors (Lipinski definition) is 6. The van der Waals surface area contributed by atoms with E-state index in [4.69, 9.17) is 4.74 Å². The highest BCUT2D eigenvalue weighted by atomic mass is 32.1. The summed E-state index contributed by atoms with van der Waals surface area (Å²) in [6.45, 7) is 6.38. The van der Waals surface area contributed by atoms with Crippen molar-refractivity contribution in [3.63, 3.8) is 0 Å². The van der Waals surface area contributed by atoms with Crippen LogP contribution < -0.4 is 14.6 Å². The summed E-state index contributed by atoms with van der Waals surface area (Å²) >= 11 is 4.51. The van der Waals surface area contributed by atoms with Crippen molar-refractivity contribution in [2.45, 2.75) is 26.2 Å². The Labute approximate surface area is 192 Å². The number of nitrogens with one attached hydrogen (secondary N) is 1. The van der Waals surface area contributed by atoms with E-state index in [9.17, 15) is 4.79 Å². The van der Waals surface area contributed by atoms with Crippen molar-refractivity contribution in [2.75, 3.05) is 11.5 Å². The second-order valence-corrected chi connectivity index (χ2v) is 8.81. The van der Waals surface area contributed by atoms with Crippen LogP contribution in [0.3, 0.4) is 0 Å². The standard InChI is InChI=1S/C24H25N5O2S/c1-24(2,3)18-7-9-21(31-4)20(15-18)29(32)27-23(30)17-6-8-19-16(14-17)10-12-25-22(19)28-13-5-11-26-28/h5-15,32H,1-4H3,(H,27,30). The fourth-order valence-electron chi connectivity index (χ4n) is 3.42. The number of ether oxygens (including phenoxy) is 1. The lowest BCUT2D eigenvalue weighted by Gasteiger charge is -2.25. The maximum absolute atomic E-state index is 13.0. The Kier molecular flexibility index (Phi) is 5.80. The molecule has 0 spiro atoms. The number of methoxy groups -OCH3 is 1. The molecule has 4 aromatic rings. The number of aromatic nitrogens is 3. The van der Waals surface area contributed by atoms with E-state index in [1.165, 1.54) is 4.41 Å². The van der Waals surface area contributed by atoms with Gasteiger partial charge in [0.15, 0.2) is 5.82 Å². The molecule has 2 aromatic carbocycles. The summed E-state index contributed by atoms with van der Waals surface area (Å²) in [6.07, 6.45) is 5.24. The third kappa shape index (κ3) is 4.27. The fraction of sp³-hybridized carbons (Fsp3) is 0.208. The number of pyridine rings is 1. The maximum atomic E-state index is 13.0. The van der Waals surface area contributed by atoms with Gasteiger partial charge in [-0.2, -0.15) is 5.10 Å². The first-order valence-corrected chi connectivity index (χ1v) is 10.6. The molecular weight excluding hydrogens is 422 g/mol. The Morgan fingerprint density at radius 1 is 1.12 bits per heavy atom. The summed E-state index contributed by atoms with van der Waals surface area (Å²) in [7, 11) is 1.59. The summed E-state index contributed by atoms with van der Waals surface area (Å²) in [4.78, 5) is 17.4. The normalized spacial score (nSPS) is 11.4. The number of carbonyl (C=O) groups is 1. The third-order valence-electron chi connectivity index (χ3n) is 5.21. The Hall–Kier alpha value is -3.52. The lowest BCUT2D eigenvalue weighted by molar-refractivity contribution is 0.0957. The second kappa shape index (κ2) is 8.55. The average molecular weight is 448 g/mol. The molecule has 0 aliphatic carbocycles. The first-order valence-electron chi connectivity index (χ1n) is 10.2. The van der Waals surface area contributed by atoms with Gasteiger partial charge in [0.05, 0.1) is 7.11 Å². The molecule has 0 saturated heterocycles. The molecule has 1 N–H and O–H groups in total. The first-order chi connectivity index (χ1) is 15.3. The second-order valence-electron chi connectivity index (χ2n) is 8.41. The van der Waals surface area contributed by atoms with Gasteiger partial charge >= 0.3 is 0 Å². The van der Waals surface area contributed by atoms with Crippen LogP contribution in [-0.2, 0) is 5.41 Å². The van der Waals surface area contributed by atoms with Crippen LogP contribution in [0.2, 0.25) is 0 Å². The largest absolute Gasteiger partial charge is 0.494 e. The van der Waals surface area contributed by atoms with Gasteiger partial charge in [0.25, 0.3) is 5.91 Å². The van der Waals surface area contributed by atoms with Crippen molar-refractivity contribution in [1.29, 1.82) is 0 Å². The van der Waals surface area contributed by atoms with Crippen molar-refractivity contribution in [1.82, 2.24) is 20.2 Å². The van der Waals surface area contributed by atoms with Gasteiger partial charge in [-0.3, -0.25) is 10.2 Å². The summed E-state index contributed by atoms with van der Waals surface area (Å²) in [5.74, 6) is 1.03. The van der Waals surface area contributed by atoms with Crippen LogP contribution in [0, 0.1) is 0 Å².